The first-order valence-electron chi connectivity index (χ1n) is 9.15. The zero-order chi connectivity index (χ0) is 16.8. The van der Waals surface area contributed by atoms with E-state index in [0.717, 1.165) is 5.92 Å². The van der Waals surface area contributed by atoms with Crippen molar-refractivity contribution in [3.8, 4) is 0 Å². The number of carbonyl (C=O) groups excluding carboxylic acids is 1. The maximum absolute atomic E-state index is 12.7. The van der Waals surface area contributed by atoms with Gasteiger partial charge in [-0.15, -0.1) is 0 Å². The minimum Gasteiger partial charge on any atom is -0.336 e. The molecule has 1 aliphatic carbocycles. The smallest absolute Gasteiger partial charge is 0.278 e. The summed E-state index contributed by atoms with van der Waals surface area (Å²) in [6, 6.07) is 11.1. The van der Waals surface area contributed by atoms with Crippen molar-refractivity contribution in [1.82, 2.24) is 4.90 Å². The van der Waals surface area contributed by atoms with Gasteiger partial charge in [0.1, 0.15) is 0 Å². The van der Waals surface area contributed by atoms with Crippen molar-refractivity contribution in [2.24, 2.45) is 11.8 Å². The molecule has 0 radical (unpaired) electrons. The van der Waals surface area contributed by atoms with Gasteiger partial charge in [-0.3, -0.25) is 4.79 Å². The van der Waals surface area contributed by atoms with Crippen LogP contribution < -0.4 is 5.32 Å². The average molecular weight is 317 g/mol. The third-order valence-electron chi connectivity index (χ3n) is 5.50. The van der Waals surface area contributed by atoms with E-state index < -0.39 is 0 Å². The molecule has 2 N–H and O–H groups in total. The highest BCUT2D eigenvalue weighted by molar-refractivity contribution is 5.77. The lowest BCUT2D eigenvalue weighted by atomic mass is 9.78. The summed E-state index contributed by atoms with van der Waals surface area (Å²) in [5.74, 6) is 1.75. The number of carbonyl (C=O) groups is 1. The monoisotopic (exact) mass is 317 g/mol. The topological polar surface area (TPSA) is 36.9 Å². The number of hydrogen-bond donors (Lipinski definition) is 1. The summed E-state index contributed by atoms with van der Waals surface area (Å²) in [4.78, 5) is 14.7. The first-order valence-corrected chi connectivity index (χ1v) is 9.15. The van der Waals surface area contributed by atoms with Crippen LogP contribution in [0, 0.1) is 11.8 Å². The molecular weight excluding hydrogens is 284 g/mol. The number of rotatable bonds is 6. The molecular formula is C20H33N2O+. The highest BCUT2D eigenvalue weighted by atomic mass is 16.2. The molecule has 0 heterocycles. The summed E-state index contributed by atoms with van der Waals surface area (Å²) < 4.78 is 0. The summed E-state index contributed by atoms with van der Waals surface area (Å²) in [6.45, 7) is 10.2. The lowest BCUT2D eigenvalue weighted by Gasteiger charge is -2.33. The Bertz CT molecular complexity index is 486. The van der Waals surface area contributed by atoms with E-state index in [0.29, 0.717) is 25.0 Å². The van der Waals surface area contributed by atoms with Crippen molar-refractivity contribution in [1.29, 1.82) is 0 Å². The lowest BCUT2D eigenvalue weighted by Crippen LogP contribution is -2.93. The van der Waals surface area contributed by atoms with Crippen LogP contribution in [0.5, 0.6) is 0 Å². The van der Waals surface area contributed by atoms with Crippen molar-refractivity contribution in [2.75, 3.05) is 6.54 Å². The molecule has 1 aliphatic rings. The second-order valence-corrected chi connectivity index (χ2v) is 7.47. The van der Waals surface area contributed by atoms with Gasteiger partial charge in [0, 0.05) is 18.5 Å². The maximum atomic E-state index is 12.7. The van der Waals surface area contributed by atoms with Crippen LogP contribution in [-0.2, 0) is 11.3 Å². The summed E-state index contributed by atoms with van der Waals surface area (Å²) in [6.07, 6.45) is 3.89. The summed E-state index contributed by atoms with van der Waals surface area (Å²) in [5.41, 5.74) is 1.20. The van der Waals surface area contributed by atoms with Gasteiger partial charge in [0.25, 0.3) is 5.91 Å². The number of amides is 1. The molecule has 1 aromatic carbocycles. The summed E-state index contributed by atoms with van der Waals surface area (Å²) >= 11 is 0. The Morgan fingerprint density at radius 2 is 1.91 bits per heavy atom. The van der Waals surface area contributed by atoms with Crippen molar-refractivity contribution in [3.63, 3.8) is 0 Å². The molecule has 1 fully saturated rings. The van der Waals surface area contributed by atoms with Gasteiger partial charge in [-0.25, -0.2) is 0 Å². The third kappa shape index (κ3) is 5.07. The average Bonchev–Trinajstić information content (AvgIpc) is 2.54. The fourth-order valence-electron chi connectivity index (χ4n) is 3.66. The first-order chi connectivity index (χ1) is 11.0. The molecule has 2 rings (SSSR count). The molecule has 1 amide bonds. The molecule has 0 aromatic heterocycles. The highest BCUT2D eigenvalue weighted by Crippen LogP contribution is 2.27. The Labute approximate surface area is 141 Å². The molecule has 0 bridgehead atoms. The van der Waals surface area contributed by atoms with E-state index in [-0.39, 0.29) is 11.9 Å². The Morgan fingerprint density at radius 1 is 1.22 bits per heavy atom. The standard InChI is InChI=1S/C20H32N2O/c1-15(2)22(14-18-10-6-5-7-11-18)20(23)13-21-19-12-8-9-16(3)17(19)4/h5-7,10-11,15-17,19,21H,8-9,12-14H2,1-4H3/p+1/t16-,17-,19-/m0/s1. The number of nitrogens with two attached hydrogens (primary N) is 1. The van der Waals surface area contributed by atoms with Crippen LogP contribution >= 0.6 is 0 Å². The number of quaternary nitrogens is 1. The highest BCUT2D eigenvalue weighted by Gasteiger charge is 2.30. The fourth-order valence-corrected chi connectivity index (χ4v) is 3.66. The molecule has 23 heavy (non-hydrogen) atoms. The van der Waals surface area contributed by atoms with Gasteiger partial charge in [0.2, 0.25) is 0 Å². The Kier molecular flexibility index (Phi) is 6.64. The summed E-state index contributed by atoms with van der Waals surface area (Å²) in [5, 5.41) is 2.29. The minimum absolute atomic E-state index is 0.235. The quantitative estimate of drug-likeness (QED) is 0.860. The van der Waals surface area contributed by atoms with E-state index in [9.17, 15) is 4.79 Å². The lowest BCUT2D eigenvalue weighted by molar-refractivity contribution is -0.689. The molecule has 0 saturated heterocycles. The van der Waals surface area contributed by atoms with Gasteiger partial charge in [0.05, 0.1) is 6.04 Å². The van der Waals surface area contributed by atoms with E-state index in [2.05, 4.69) is 45.1 Å². The largest absolute Gasteiger partial charge is 0.336 e. The zero-order valence-corrected chi connectivity index (χ0v) is 15.2. The van der Waals surface area contributed by atoms with Crippen LogP contribution in [0.25, 0.3) is 0 Å². The molecule has 0 unspecified atom stereocenters. The third-order valence-corrected chi connectivity index (χ3v) is 5.50. The molecule has 1 saturated carbocycles. The minimum atomic E-state index is 0.235. The zero-order valence-electron chi connectivity index (χ0n) is 15.2. The van der Waals surface area contributed by atoms with E-state index in [1.807, 2.05) is 23.1 Å². The molecule has 128 valence electrons. The molecule has 3 heteroatoms. The van der Waals surface area contributed by atoms with Gasteiger partial charge in [-0.1, -0.05) is 44.2 Å². The predicted octanol–water partition coefficient (Wildman–Crippen LogP) is 2.81. The van der Waals surface area contributed by atoms with Gasteiger partial charge in [-0.05, 0) is 44.6 Å². The molecule has 1 aromatic rings. The van der Waals surface area contributed by atoms with Crippen molar-refractivity contribution < 1.29 is 10.1 Å². The van der Waals surface area contributed by atoms with Crippen LogP contribution in [0.3, 0.4) is 0 Å². The maximum Gasteiger partial charge on any atom is 0.278 e. The van der Waals surface area contributed by atoms with E-state index in [4.69, 9.17) is 0 Å². The Balaban J connectivity index is 1.91. The number of hydrogen-bond acceptors (Lipinski definition) is 1. The normalized spacial score (nSPS) is 24.7. The van der Waals surface area contributed by atoms with Crippen LogP contribution in [0.1, 0.15) is 52.5 Å². The Morgan fingerprint density at radius 3 is 2.57 bits per heavy atom. The van der Waals surface area contributed by atoms with E-state index in [1.54, 1.807) is 0 Å². The van der Waals surface area contributed by atoms with Crippen LogP contribution in [-0.4, -0.2) is 29.4 Å². The number of nitrogens with zero attached hydrogens (tertiary/aromatic N) is 1. The van der Waals surface area contributed by atoms with E-state index in [1.165, 1.54) is 24.8 Å². The van der Waals surface area contributed by atoms with Crippen LogP contribution in [0.2, 0.25) is 0 Å². The van der Waals surface area contributed by atoms with Crippen molar-refractivity contribution in [2.45, 2.75) is 65.6 Å². The Hall–Kier alpha value is -1.35. The number of benzene rings is 1. The molecule has 0 spiro atoms. The van der Waals surface area contributed by atoms with E-state index >= 15 is 0 Å². The van der Waals surface area contributed by atoms with Crippen LogP contribution in [0.15, 0.2) is 30.3 Å². The molecule has 3 nitrogen and oxygen atoms in total. The van der Waals surface area contributed by atoms with Crippen molar-refractivity contribution in [3.05, 3.63) is 35.9 Å². The first kappa shape index (κ1) is 18.0. The second kappa shape index (κ2) is 8.49. The van der Waals surface area contributed by atoms with Crippen LogP contribution in [0.4, 0.5) is 0 Å². The van der Waals surface area contributed by atoms with Gasteiger partial charge in [0.15, 0.2) is 6.54 Å². The molecule has 3 atom stereocenters. The SMILES string of the molecule is CC(C)N(Cc1ccccc1)C(=O)C[NH2+][C@H]1CCC[C@H](C)[C@@H]1C. The molecule has 0 aliphatic heterocycles. The fraction of sp³-hybridized carbons (Fsp3) is 0.650. The summed E-state index contributed by atoms with van der Waals surface area (Å²) in [7, 11) is 0. The predicted molar refractivity (Wildman–Crippen MR) is 94.9 cm³/mol. The van der Waals surface area contributed by atoms with Gasteiger partial charge in [-0.2, -0.15) is 0 Å². The van der Waals surface area contributed by atoms with Gasteiger partial charge < -0.3 is 10.2 Å². The van der Waals surface area contributed by atoms with Gasteiger partial charge >= 0.3 is 0 Å². The second-order valence-electron chi connectivity index (χ2n) is 7.47. The van der Waals surface area contributed by atoms with Crippen molar-refractivity contribution >= 4 is 5.91 Å².